The molecule has 1 saturated heterocycles. The monoisotopic (exact) mass is 321 g/mol. The SMILES string of the molecule is CC(C)(C)C1CCC2(CC1)OCC(CCCN1CC=CCC1)O2. The van der Waals surface area contributed by atoms with Gasteiger partial charge < -0.3 is 9.47 Å². The average Bonchev–Trinajstić information content (AvgIpc) is 2.91. The van der Waals surface area contributed by atoms with Gasteiger partial charge in [0.05, 0.1) is 12.7 Å². The molecule has 0 aromatic carbocycles. The van der Waals surface area contributed by atoms with Crippen LogP contribution >= 0.6 is 0 Å². The van der Waals surface area contributed by atoms with Gasteiger partial charge in [-0.15, -0.1) is 0 Å². The number of nitrogens with zero attached hydrogens (tertiary/aromatic N) is 1. The molecule has 1 aliphatic carbocycles. The Bertz CT molecular complexity index is 404. The van der Waals surface area contributed by atoms with E-state index in [9.17, 15) is 0 Å². The molecule has 1 spiro atoms. The molecule has 0 aromatic heterocycles. The molecule has 2 aliphatic heterocycles. The quantitative estimate of drug-likeness (QED) is 0.717. The predicted molar refractivity (Wildman–Crippen MR) is 94.4 cm³/mol. The van der Waals surface area contributed by atoms with Crippen molar-refractivity contribution < 1.29 is 9.47 Å². The first-order chi connectivity index (χ1) is 11.0. The molecule has 3 rings (SSSR count). The number of hydrogen-bond acceptors (Lipinski definition) is 3. The molecule has 1 saturated carbocycles. The predicted octanol–water partition coefficient (Wildman–Crippen LogP) is 4.38. The molecule has 0 bridgehead atoms. The van der Waals surface area contributed by atoms with Crippen LogP contribution in [-0.2, 0) is 9.47 Å². The van der Waals surface area contributed by atoms with E-state index in [1.165, 1.54) is 38.8 Å². The zero-order valence-electron chi connectivity index (χ0n) is 15.4. The minimum absolute atomic E-state index is 0.236. The standard InChI is InChI=1S/C20H35NO2/c1-19(2,3)17-9-11-20(12-10-17)22-16-18(23-20)8-7-15-21-13-5-4-6-14-21/h4-5,17-18H,6-16H2,1-3H3. The lowest BCUT2D eigenvalue weighted by Crippen LogP contribution is -2.38. The molecule has 0 aromatic rings. The molecule has 0 amide bonds. The first-order valence-corrected chi connectivity index (χ1v) is 9.66. The minimum Gasteiger partial charge on any atom is -0.347 e. The van der Waals surface area contributed by atoms with Crippen molar-refractivity contribution in [2.45, 2.75) is 77.6 Å². The van der Waals surface area contributed by atoms with E-state index in [0.717, 1.165) is 38.3 Å². The van der Waals surface area contributed by atoms with Gasteiger partial charge >= 0.3 is 0 Å². The Hall–Kier alpha value is -0.380. The average molecular weight is 322 g/mol. The minimum atomic E-state index is -0.236. The maximum atomic E-state index is 6.39. The highest BCUT2D eigenvalue weighted by Gasteiger charge is 2.45. The molecular weight excluding hydrogens is 286 g/mol. The molecule has 132 valence electrons. The highest BCUT2D eigenvalue weighted by atomic mass is 16.7. The van der Waals surface area contributed by atoms with Gasteiger partial charge in [0, 0.05) is 25.9 Å². The van der Waals surface area contributed by atoms with Crippen LogP contribution in [0.5, 0.6) is 0 Å². The van der Waals surface area contributed by atoms with Crippen LogP contribution in [0.1, 0.15) is 65.7 Å². The Morgan fingerprint density at radius 2 is 1.96 bits per heavy atom. The van der Waals surface area contributed by atoms with E-state index in [1.807, 2.05) is 0 Å². The van der Waals surface area contributed by atoms with Gasteiger partial charge in [0.15, 0.2) is 5.79 Å². The summed E-state index contributed by atoms with van der Waals surface area (Å²) in [7, 11) is 0. The number of hydrogen-bond donors (Lipinski definition) is 0. The molecule has 0 N–H and O–H groups in total. The van der Waals surface area contributed by atoms with Gasteiger partial charge in [0.1, 0.15) is 0 Å². The summed E-state index contributed by atoms with van der Waals surface area (Å²) in [6.07, 6.45) is 13.1. The van der Waals surface area contributed by atoms with Crippen LogP contribution in [-0.4, -0.2) is 43.0 Å². The van der Waals surface area contributed by atoms with E-state index in [1.54, 1.807) is 0 Å². The van der Waals surface area contributed by atoms with Gasteiger partial charge in [0.25, 0.3) is 0 Å². The fourth-order valence-electron chi connectivity index (χ4n) is 4.38. The number of ether oxygens (including phenoxy) is 2. The molecule has 3 nitrogen and oxygen atoms in total. The van der Waals surface area contributed by atoms with Crippen molar-refractivity contribution in [1.29, 1.82) is 0 Å². The fraction of sp³-hybridized carbons (Fsp3) is 0.900. The summed E-state index contributed by atoms with van der Waals surface area (Å²) in [6, 6.07) is 0. The van der Waals surface area contributed by atoms with Gasteiger partial charge in [-0.25, -0.2) is 0 Å². The molecule has 1 unspecified atom stereocenters. The second kappa shape index (κ2) is 7.25. The van der Waals surface area contributed by atoms with Crippen LogP contribution in [0.15, 0.2) is 12.2 Å². The normalized spacial score (nSPS) is 36.0. The Balaban J connectivity index is 1.38. The summed E-state index contributed by atoms with van der Waals surface area (Å²) >= 11 is 0. The van der Waals surface area contributed by atoms with Crippen LogP contribution in [0.4, 0.5) is 0 Å². The molecule has 1 atom stereocenters. The van der Waals surface area contributed by atoms with Crippen LogP contribution in [0.3, 0.4) is 0 Å². The summed E-state index contributed by atoms with van der Waals surface area (Å²) in [6.45, 7) is 11.4. The van der Waals surface area contributed by atoms with Crippen molar-refractivity contribution in [3.8, 4) is 0 Å². The van der Waals surface area contributed by atoms with Crippen LogP contribution in [0.2, 0.25) is 0 Å². The largest absolute Gasteiger partial charge is 0.347 e. The van der Waals surface area contributed by atoms with Crippen molar-refractivity contribution >= 4 is 0 Å². The van der Waals surface area contributed by atoms with E-state index < -0.39 is 0 Å². The summed E-state index contributed by atoms with van der Waals surface area (Å²) in [5.74, 6) is 0.576. The van der Waals surface area contributed by atoms with E-state index in [-0.39, 0.29) is 5.79 Å². The smallest absolute Gasteiger partial charge is 0.168 e. The van der Waals surface area contributed by atoms with Crippen LogP contribution in [0.25, 0.3) is 0 Å². The van der Waals surface area contributed by atoms with Crippen molar-refractivity contribution in [2.24, 2.45) is 11.3 Å². The second-order valence-electron chi connectivity index (χ2n) is 8.80. The van der Waals surface area contributed by atoms with Crippen molar-refractivity contribution in [3.63, 3.8) is 0 Å². The molecule has 3 aliphatic rings. The lowest BCUT2D eigenvalue weighted by Gasteiger charge is -2.41. The Labute approximate surface area is 142 Å². The van der Waals surface area contributed by atoms with E-state index in [2.05, 4.69) is 37.8 Å². The molecule has 23 heavy (non-hydrogen) atoms. The van der Waals surface area contributed by atoms with Gasteiger partial charge in [0.2, 0.25) is 0 Å². The highest BCUT2D eigenvalue weighted by molar-refractivity contribution is 4.91. The molecule has 3 heteroatoms. The topological polar surface area (TPSA) is 21.7 Å². The van der Waals surface area contributed by atoms with Crippen molar-refractivity contribution in [1.82, 2.24) is 4.90 Å². The third-order valence-electron chi connectivity index (χ3n) is 6.03. The van der Waals surface area contributed by atoms with Gasteiger partial charge in [-0.1, -0.05) is 32.9 Å². The van der Waals surface area contributed by atoms with Crippen molar-refractivity contribution in [3.05, 3.63) is 12.2 Å². The number of rotatable bonds is 4. The third-order valence-corrected chi connectivity index (χ3v) is 6.03. The molecule has 2 fully saturated rings. The summed E-state index contributed by atoms with van der Waals surface area (Å²) in [5.41, 5.74) is 0.419. The highest BCUT2D eigenvalue weighted by Crippen LogP contribution is 2.45. The second-order valence-corrected chi connectivity index (χ2v) is 8.80. The summed E-state index contributed by atoms with van der Waals surface area (Å²) in [4.78, 5) is 2.54. The van der Waals surface area contributed by atoms with Gasteiger partial charge in [-0.2, -0.15) is 0 Å². The fourth-order valence-corrected chi connectivity index (χ4v) is 4.38. The lowest BCUT2D eigenvalue weighted by atomic mass is 9.71. The Morgan fingerprint density at radius 3 is 2.61 bits per heavy atom. The van der Waals surface area contributed by atoms with E-state index in [4.69, 9.17) is 9.47 Å². The van der Waals surface area contributed by atoms with Gasteiger partial charge in [-0.05, 0) is 50.0 Å². The van der Waals surface area contributed by atoms with Crippen LogP contribution < -0.4 is 0 Å². The maximum Gasteiger partial charge on any atom is 0.168 e. The Kier molecular flexibility index (Phi) is 5.49. The maximum absolute atomic E-state index is 6.39. The summed E-state index contributed by atoms with van der Waals surface area (Å²) < 4.78 is 12.5. The summed E-state index contributed by atoms with van der Waals surface area (Å²) in [5, 5.41) is 0. The third kappa shape index (κ3) is 4.58. The zero-order chi connectivity index (χ0) is 16.3. The van der Waals surface area contributed by atoms with E-state index in [0.29, 0.717) is 11.5 Å². The van der Waals surface area contributed by atoms with Crippen molar-refractivity contribution in [2.75, 3.05) is 26.2 Å². The molecular formula is C20H35NO2. The van der Waals surface area contributed by atoms with Crippen LogP contribution in [0, 0.1) is 11.3 Å². The lowest BCUT2D eigenvalue weighted by molar-refractivity contribution is -0.197. The molecule has 2 heterocycles. The zero-order valence-corrected chi connectivity index (χ0v) is 15.4. The first kappa shape index (κ1) is 17.4. The van der Waals surface area contributed by atoms with E-state index >= 15 is 0 Å². The Morgan fingerprint density at radius 1 is 1.17 bits per heavy atom. The molecule has 0 radical (unpaired) electrons. The first-order valence-electron chi connectivity index (χ1n) is 9.66. The van der Waals surface area contributed by atoms with Gasteiger partial charge in [-0.3, -0.25) is 4.90 Å².